The first-order valence-electron chi connectivity index (χ1n) is 8.53. The fraction of sp³-hybridized carbons (Fsp3) is 0.150. The molecule has 2 amide bonds. The summed E-state index contributed by atoms with van der Waals surface area (Å²) >= 11 is 0. The maximum atomic E-state index is 12.2. The maximum absolute atomic E-state index is 12.2. The average Bonchev–Trinajstić information content (AvgIpc) is 3.16. The van der Waals surface area contributed by atoms with Gasteiger partial charge in [0.05, 0.1) is 0 Å². The van der Waals surface area contributed by atoms with Gasteiger partial charge in [-0.15, -0.1) is 0 Å². The van der Waals surface area contributed by atoms with Crippen LogP contribution in [-0.4, -0.2) is 16.8 Å². The minimum absolute atomic E-state index is 0.0318. The van der Waals surface area contributed by atoms with Crippen LogP contribution in [0.25, 0.3) is 0 Å². The Hall–Kier alpha value is -3.61. The Kier molecular flexibility index (Phi) is 4.57. The summed E-state index contributed by atoms with van der Waals surface area (Å²) in [6, 6.07) is 12.3. The predicted molar refractivity (Wildman–Crippen MR) is 98.6 cm³/mol. The number of amides is 2. The summed E-state index contributed by atoms with van der Waals surface area (Å²) in [6.45, 7) is 0.202. The molecule has 4 rings (SSSR count). The monoisotopic (exact) mass is 363 g/mol. The second kappa shape index (κ2) is 7.33. The molecule has 0 saturated carbocycles. The van der Waals surface area contributed by atoms with Crippen molar-refractivity contribution < 1.29 is 18.7 Å². The highest BCUT2D eigenvalue weighted by atomic mass is 16.5. The number of aromatic nitrogens is 1. The summed E-state index contributed by atoms with van der Waals surface area (Å²) < 4.78 is 11.3. The lowest BCUT2D eigenvalue weighted by Gasteiger charge is -2.17. The van der Waals surface area contributed by atoms with Gasteiger partial charge >= 0.3 is 0 Å². The number of hydrogen-bond acceptors (Lipinski definition) is 5. The van der Waals surface area contributed by atoms with Crippen molar-refractivity contribution in [2.75, 3.05) is 10.6 Å². The van der Waals surface area contributed by atoms with Crippen LogP contribution >= 0.6 is 0 Å². The van der Waals surface area contributed by atoms with Crippen LogP contribution in [0.5, 0.6) is 5.75 Å². The van der Waals surface area contributed by atoms with E-state index in [1.54, 1.807) is 42.7 Å². The van der Waals surface area contributed by atoms with Gasteiger partial charge in [0.15, 0.2) is 5.76 Å². The quantitative estimate of drug-likeness (QED) is 0.725. The van der Waals surface area contributed by atoms with Gasteiger partial charge in [-0.1, -0.05) is 0 Å². The molecule has 2 N–H and O–H groups in total. The van der Waals surface area contributed by atoms with Crippen molar-refractivity contribution in [1.82, 2.24) is 4.98 Å². The molecule has 3 heterocycles. The van der Waals surface area contributed by atoms with Crippen LogP contribution in [0.4, 0.5) is 11.4 Å². The summed E-state index contributed by atoms with van der Waals surface area (Å²) in [4.78, 5) is 27.5. The molecular weight excluding hydrogens is 346 g/mol. The van der Waals surface area contributed by atoms with Crippen molar-refractivity contribution in [3.8, 4) is 5.75 Å². The largest absolute Gasteiger partial charge is 0.486 e. The highest BCUT2D eigenvalue weighted by Crippen LogP contribution is 2.27. The molecule has 3 aromatic rings. The molecule has 0 fully saturated rings. The zero-order valence-electron chi connectivity index (χ0n) is 14.4. The van der Waals surface area contributed by atoms with Crippen LogP contribution < -0.4 is 15.4 Å². The molecular formula is C20H17N3O4. The van der Waals surface area contributed by atoms with Gasteiger partial charge in [-0.3, -0.25) is 14.6 Å². The van der Waals surface area contributed by atoms with Crippen molar-refractivity contribution in [3.05, 3.63) is 71.9 Å². The fourth-order valence-corrected chi connectivity index (χ4v) is 2.81. The highest BCUT2D eigenvalue weighted by molar-refractivity contribution is 6.02. The van der Waals surface area contributed by atoms with E-state index in [4.69, 9.17) is 9.15 Å². The molecule has 1 aromatic carbocycles. The number of furan rings is 1. The number of hydrogen-bond donors (Lipinski definition) is 2. The number of nitrogens with one attached hydrogen (secondary N) is 2. The first kappa shape index (κ1) is 16.8. The Morgan fingerprint density at radius 3 is 2.85 bits per heavy atom. The summed E-state index contributed by atoms with van der Waals surface area (Å²) in [5, 5.41) is 5.57. The molecule has 136 valence electrons. The van der Waals surface area contributed by atoms with Crippen molar-refractivity contribution >= 4 is 23.2 Å². The number of anilines is 2. The van der Waals surface area contributed by atoms with Crippen LogP contribution in [0.2, 0.25) is 0 Å². The van der Waals surface area contributed by atoms with Gasteiger partial charge in [0.1, 0.15) is 18.1 Å². The molecule has 1 aliphatic heterocycles. The number of aryl methyl sites for hydroxylation is 1. The molecule has 0 atom stereocenters. The van der Waals surface area contributed by atoms with E-state index in [9.17, 15) is 9.59 Å². The third kappa shape index (κ3) is 3.98. The predicted octanol–water partition coefficient (Wildman–Crippen LogP) is 3.39. The first-order chi connectivity index (χ1) is 13.2. The summed E-state index contributed by atoms with van der Waals surface area (Å²) in [5.41, 5.74) is 2.51. The number of benzene rings is 1. The lowest BCUT2D eigenvalue weighted by molar-refractivity contribution is -0.116. The normalized spacial score (nSPS) is 12.8. The lowest BCUT2D eigenvalue weighted by atomic mass is 10.0. The first-order valence-corrected chi connectivity index (χ1v) is 8.53. The second-order valence-electron chi connectivity index (χ2n) is 6.11. The van der Waals surface area contributed by atoms with Crippen LogP contribution in [0.15, 0.2) is 59.3 Å². The van der Waals surface area contributed by atoms with Crippen LogP contribution in [0, 0.1) is 0 Å². The number of nitrogens with zero attached hydrogens (tertiary/aromatic N) is 1. The molecule has 0 unspecified atom stereocenters. The van der Waals surface area contributed by atoms with E-state index in [0.29, 0.717) is 30.0 Å². The van der Waals surface area contributed by atoms with Crippen molar-refractivity contribution in [1.29, 1.82) is 0 Å². The molecule has 0 bridgehead atoms. The van der Waals surface area contributed by atoms with Crippen LogP contribution in [0.3, 0.4) is 0 Å². The van der Waals surface area contributed by atoms with Gasteiger partial charge in [-0.25, -0.2) is 0 Å². The van der Waals surface area contributed by atoms with Gasteiger partial charge in [-0.05, 0) is 54.4 Å². The van der Waals surface area contributed by atoms with E-state index in [0.717, 1.165) is 11.3 Å². The molecule has 27 heavy (non-hydrogen) atoms. The minimum atomic E-state index is -0.336. The summed E-state index contributed by atoms with van der Waals surface area (Å²) in [7, 11) is 0. The number of pyridine rings is 1. The molecule has 0 saturated heterocycles. The van der Waals surface area contributed by atoms with Gasteiger partial charge in [-0.2, -0.15) is 0 Å². The molecule has 7 heteroatoms. The summed E-state index contributed by atoms with van der Waals surface area (Å²) in [5.74, 6) is 1.13. The average molecular weight is 363 g/mol. The fourth-order valence-electron chi connectivity index (χ4n) is 2.81. The number of fused-ring (bicyclic) bond motifs is 1. The Labute approximate surface area is 155 Å². The summed E-state index contributed by atoms with van der Waals surface area (Å²) in [6.07, 6.45) is 4.37. The van der Waals surface area contributed by atoms with Gasteiger partial charge < -0.3 is 19.8 Å². The Morgan fingerprint density at radius 1 is 1.15 bits per heavy atom. The molecule has 2 aromatic heterocycles. The van der Waals surface area contributed by atoms with E-state index in [-0.39, 0.29) is 24.2 Å². The molecule has 0 aliphatic carbocycles. The van der Waals surface area contributed by atoms with Crippen molar-refractivity contribution in [3.63, 3.8) is 0 Å². The van der Waals surface area contributed by atoms with E-state index in [1.807, 2.05) is 12.1 Å². The zero-order valence-corrected chi connectivity index (χ0v) is 14.4. The van der Waals surface area contributed by atoms with Crippen LogP contribution in [0.1, 0.15) is 28.3 Å². The smallest absolute Gasteiger partial charge is 0.291 e. The standard InChI is InChI=1S/C20H17N3O4/c24-19-6-1-13-11-15(2-4-17(13)23-19)26-12-16-3-5-18(27-16)20(25)22-14-7-9-21-10-8-14/h2-5,7-11H,1,6,12H2,(H,23,24)(H,21,22,25). The Morgan fingerprint density at radius 2 is 2.00 bits per heavy atom. The molecule has 0 spiro atoms. The van der Waals surface area contributed by atoms with Gasteiger partial charge in [0.25, 0.3) is 5.91 Å². The van der Waals surface area contributed by atoms with Crippen LogP contribution in [-0.2, 0) is 17.8 Å². The third-order valence-electron chi connectivity index (χ3n) is 4.18. The van der Waals surface area contributed by atoms with E-state index < -0.39 is 0 Å². The minimum Gasteiger partial charge on any atom is -0.486 e. The number of rotatable bonds is 5. The highest BCUT2D eigenvalue weighted by Gasteiger charge is 2.16. The van der Waals surface area contributed by atoms with Crippen molar-refractivity contribution in [2.45, 2.75) is 19.4 Å². The number of ether oxygens (including phenoxy) is 1. The molecule has 1 aliphatic rings. The van der Waals surface area contributed by atoms with E-state index in [2.05, 4.69) is 15.6 Å². The molecule has 0 radical (unpaired) electrons. The molecule has 7 nitrogen and oxygen atoms in total. The number of carbonyl (C=O) groups is 2. The van der Waals surface area contributed by atoms with Crippen molar-refractivity contribution in [2.24, 2.45) is 0 Å². The Balaban J connectivity index is 1.37. The second-order valence-corrected chi connectivity index (χ2v) is 6.11. The van der Waals surface area contributed by atoms with Gasteiger partial charge in [0.2, 0.25) is 5.91 Å². The lowest BCUT2D eigenvalue weighted by Crippen LogP contribution is -2.18. The van der Waals surface area contributed by atoms with E-state index in [1.165, 1.54) is 0 Å². The zero-order chi connectivity index (χ0) is 18.6. The van der Waals surface area contributed by atoms with E-state index >= 15 is 0 Å². The SMILES string of the molecule is O=C1CCc2cc(OCc3ccc(C(=O)Nc4ccncc4)o3)ccc2N1. The maximum Gasteiger partial charge on any atom is 0.291 e. The van der Waals surface area contributed by atoms with Gasteiger partial charge in [0, 0.05) is 30.2 Å². The number of carbonyl (C=O) groups excluding carboxylic acids is 2. The third-order valence-corrected chi connectivity index (χ3v) is 4.18. The topological polar surface area (TPSA) is 93.5 Å². The Bertz CT molecular complexity index is 982.